The Balaban J connectivity index is 1.71. The second-order valence-electron chi connectivity index (χ2n) is 6.86. The summed E-state index contributed by atoms with van der Waals surface area (Å²) in [6, 6.07) is 6.66. The summed E-state index contributed by atoms with van der Waals surface area (Å²) >= 11 is 1.05. The summed E-state index contributed by atoms with van der Waals surface area (Å²) in [4.78, 5) is 14.5. The van der Waals surface area contributed by atoms with Crippen molar-refractivity contribution in [3.8, 4) is 11.5 Å². The standard InChI is InChI=1S/C20H26N2O5S2/c1-26-17-7-8-18(27-2)15(11-17)13-21-29(24,25)19-12-16(14-28-19)20(23)22-9-5-3-4-6-10-22/h7-8,11-12,14,21H,3-6,9-10,13H2,1-2H3. The molecule has 2 heterocycles. The molecule has 158 valence electrons. The molecule has 0 spiro atoms. The number of hydrogen-bond acceptors (Lipinski definition) is 6. The third-order valence-electron chi connectivity index (χ3n) is 4.92. The maximum atomic E-state index is 12.7. The summed E-state index contributed by atoms with van der Waals surface area (Å²) < 4.78 is 38.6. The van der Waals surface area contributed by atoms with E-state index in [4.69, 9.17) is 9.47 Å². The topological polar surface area (TPSA) is 84.9 Å². The number of amides is 1. The predicted molar refractivity (Wildman–Crippen MR) is 112 cm³/mol. The molecule has 1 aliphatic heterocycles. The molecule has 1 N–H and O–H groups in total. The zero-order chi connectivity index (χ0) is 20.9. The van der Waals surface area contributed by atoms with Crippen LogP contribution in [0.2, 0.25) is 0 Å². The number of methoxy groups -OCH3 is 2. The average molecular weight is 439 g/mol. The van der Waals surface area contributed by atoms with Crippen molar-refractivity contribution in [2.45, 2.75) is 36.4 Å². The molecule has 0 saturated carbocycles. The largest absolute Gasteiger partial charge is 0.497 e. The molecular formula is C20H26N2O5S2. The Hall–Kier alpha value is -2.10. The Morgan fingerprint density at radius 2 is 1.83 bits per heavy atom. The average Bonchev–Trinajstić information content (AvgIpc) is 3.09. The van der Waals surface area contributed by atoms with Gasteiger partial charge in [0.1, 0.15) is 15.7 Å². The number of rotatable bonds is 7. The minimum Gasteiger partial charge on any atom is -0.497 e. The number of hydrogen-bond donors (Lipinski definition) is 1. The number of thiophene rings is 1. The van der Waals surface area contributed by atoms with E-state index in [1.54, 1.807) is 30.7 Å². The molecule has 0 atom stereocenters. The number of carbonyl (C=O) groups excluding carboxylic acids is 1. The molecule has 3 rings (SSSR count). The van der Waals surface area contributed by atoms with Crippen molar-refractivity contribution in [3.05, 3.63) is 40.8 Å². The van der Waals surface area contributed by atoms with Crippen molar-refractivity contribution in [3.63, 3.8) is 0 Å². The minimum atomic E-state index is -3.75. The van der Waals surface area contributed by atoms with Gasteiger partial charge in [-0.15, -0.1) is 11.3 Å². The van der Waals surface area contributed by atoms with Gasteiger partial charge in [0, 0.05) is 30.6 Å². The molecule has 1 saturated heterocycles. The fourth-order valence-electron chi connectivity index (χ4n) is 3.29. The molecule has 1 fully saturated rings. The highest BCUT2D eigenvalue weighted by Gasteiger charge is 2.23. The van der Waals surface area contributed by atoms with Gasteiger partial charge in [-0.3, -0.25) is 4.79 Å². The first kappa shape index (κ1) is 21.6. The molecule has 7 nitrogen and oxygen atoms in total. The molecule has 1 aromatic heterocycles. The molecule has 1 amide bonds. The van der Waals surface area contributed by atoms with Crippen LogP contribution in [-0.4, -0.2) is 46.5 Å². The minimum absolute atomic E-state index is 0.0516. The van der Waals surface area contributed by atoms with E-state index in [0.29, 0.717) is 22.6 Å². The van der Waals surface area contributed by atoms with Crippen molar-refractivity contribution in [2.75, 3.05) is 27.3 Å². The van der Waals surface area contributed by atoms with Crippen LogP contribution in [0.5, 0.6) is 11.5 Å². The zero-order valence-electron chi connectivity index (χ0n) is 16.6. The Bertz CT molecular complexity index is 948. The number of nitrogens with one attached hydrogen (secondary N) is 1. The van der Waals surface area contributed by atoms with E-state index < -0.39 is 10.0 Å². The summed E-state index contributed by atoms with van der Waals surface area (Å²) in [7, 11) is -0.679. The van der Waals surface area contributed by atoms with Crippen molar-refractivity contribution in [1.82, 2.24) is 9.62 Å². The Morgan fingerprint density at radius 1 is 1.10 bits per heavy atom. The van der Waals surface area contributed by atoms with Crippen LogP contribution in [0.3, 0.4) is 0 Å². The zero-order valence-corrected chi connectivity index (χ0v) is 18.3. The summed E-state index contributed by atoms with van der Waals surface area (Å²) in [6.45, 7) is 1.51. The first-order valence-corrected chi connectivity index (χ1v) is 11.9. The van der Waals surface area contributed by atoms with Crippen molar-refractivity contribution in [2.24, 2.45) is 0 Å². The van der Waals surface area contributed by atoms with Crippen LogP contribution < -0.4 is 14.2 Å². The van der Waals surface area contributed by atoms with Crippen LogP contribution in [0, 0.1) is 0 Å². The fraction of sp³-hybridized carbons (Fsp3) is 0.450. The summed E-state index contributed by atoms with van der Waals surface area (Å²) in [5.74, 6) is 1.08. The second-order valence-corrected chi connectivity index (χ2v) is 9.77. The highest BCUT2D eigenvalue weighted by molar-refractivity contribution is 7.91. The molecule has 0 aliphatic carbocycles. The molecule has 9 heteroatoms. The molecule has 1 aliphatic rings. The van der Waals surface area contributed by atoms with Gasteiger partial charge < -0.3 is 14.4 Å². The molecule has 1 aromatic carbocycles. The monoisotopic (exact) mass is 438 g/mol. The maximum absolute atomic E-state index is 12.7. The van der Waals surface area contributed by atoms with Crippen molar-refractivity contribution >= 4 is 27.3 Å². The summed E-state index contributed by atoms with van der Waals surface area (Å²) in [5, 5.41) is 1.62. The van der Waals surface area contributed by atoms with Crippen LogP contribution in [0.1, 0.15) is 41.6 Å². The molecule has 29 heavy (non-hydrogen) atoms. The highest BCUT2D eigenvalue weighted by Crippen LogP contribution is 2.26. The number of benzene rings is 1. The first-order valence-electron chi connectivity index (χ1n) is 9.53. The van der Waals surface area contributed by atoms with E-state index in [9.17, 15) is 13.2 Å². The lowest BCUT2D eigenvalue weighted by atomic mass is 10.2. The van der Waals surface area contributed by atoms with Gasteiger partial charge in [0.2, 0.25) is 10.0 Å². The Morgan fingerprint density at radius 3 is 2.48 bits per heavy atom. The molecular weight excluding hydrogens is 412 g/mol. The molecule has 0 bridgehead atoms. The van der Waals surface area contributed by atoms with Gasteiger partial charge in [-0.2, -0.15) is 0 Å². The molecule has 0 radical (unpaired) electrons. The van der Waals surface area contributed by atoms with Crippen LogP contribution in [0.4, 0.5) is 0 Å². The number of likely N-dealkylation sites (tertiary alicyclic amines) is 1. The number of carbonyl (C=O) groups is 1. The lowest BCUT2D eigenvalue weighted by Gasteiger charge is -2.19. The first-order chi connectivity index (χ1) is 13.9. The van der Waals surface area contributed by atoms with E-state index in [1.165, 1.54) is 13.2 Å². The van der Waals surface area contributed by atoms with Crippen molar-refractivity contribution in [1.29, 1.82) is 0 Å². The number of ether oxygens (including phenoxy) is 2. The van der Waals surface area contributed by atoms with Gasteiger partial charge in [-0.25, -0.2) is 13.1 Å². The van der Waals surface area contributed by atoms with Gasteiger partial charge in [0.05, 0.1) is 19.8 Å². The fourth-order valence-corrected chi connectivity index (χ4v) is 5.49. The van der Waals surface area contributed by atoms with Gasteiger partial charge in [0.25, 0.3) is 5.91 Å². The van der Waals surface area contributed by atoms with Crippen LogP contribution in [-0.2, 0) is 16.6 Å². The van der Waals surface area contributed by atoms with Crippen LogP contribution in [0.15, 0.2) is 33.9 Å². The number of nitrogens with zero attached hydrogens (tertiary/aromatic N) is 1. The van der Waals surface area contributed by atoms with Crippen LogP contribution >= 0.6 is 11.3 Å². The van der Waals surface area contributed by atoms with E-state index in [1.807, 2.05) is 4.90 Å². The third-order valence-corrected chi connectivity index (χ3v) is 7.76. The number of sulfonamides is 1. The van der Waals surface area contributed by atoms with Gasteiger partial charge in [-0.1, -0.05) is 12.8 Å². The van der Waals surface area contributed by atoms with E-state index in [-0.39, 0.29) is 16.7 Å². The van der Waals surface area contributed by atoms with Crippen molar-refractivity contribution < 1.29 is 22.7 Å². The van der Waals surface area contributed by atoms with Gasteiger partial charge in [-0.05, 0) is 37.1 Å². The maximum Gasteiger partial charge on any atom is 0.254 e. The second kappa shape index (κ2) is 9.60. The van der Waals surface area contributed by atoms with E-state index in [2.05, 4.69) is 4.72 Å². The highest BCUT2D eigenvalue weighted by atomic mass is 32.2. The molecule has 2 aromatic rings. The lowest BCUT2D eigenvalue weighted by molar-refractivity contribution is 0.0762. The summed E-state index contributed by atoms with van der Waals surface area (Å²) in [5.41, 5.74) is 1.09. The van der Waals surface area contributed by atoms with E-state index >= 15 is 0 Å². The molecule has 0 unspecified atom stereocenters. The smallest absolute Gasteiger partial charge is 0.254 e. The van der Waals surface area contributed by atoms with Gasteiger partial charge in [0.15, 0.2) is 0 Å². The predicted octanol–water partition coefficient (Wildman–Crippen LogP) is 3.26. The Labute approximate surface area is 175 Å². The van der Waals surface area contributed by atoms with Crippen LogP contribution in [0.25, 0.3) is 0 Å². The Kier molecular flexibility index (Phi) is 7.15. The van der Waals surface area contributed by atoms with Gasteiger partial charge >= 0.3 is 0 Å². The SMILES string of the molecule is COc1ccc(OC)c(CNS(=O)(=O)c2cc(C(=O)N3CCCCCC3)cs2)c1. The normalized spacial score (nSPS) is 15.0. The van der Waals surface area contributed by atoms with E-state index in [0.717, 1.165) is 50.1 Å². The quantitative estimate of drug-likeness (QED) is 0.717. The summed E-state index contributed by atoms with van der Waals surface area (Å²) in [6.07, 6.45) is 4.24. The third kappa shape index (κ3) is 5.29. The lowest BCUT2D eigenvalue weighted by Crippen LogP contribution is -2.31.